The minimum absolute atomic E-state index is 0.0293. The van der Waals surface area contributed by atoms with Crippen LogP contribution in [0.3, 0.4) is 0 Å². The van der Waals surface area contributed by atoms with Gasteiger partial charge in [-0.25, -0.2) is 14.4 Å². The number of carbonyl (C=O) groups is 6. The molecule has 3 saturated heterocycles. The third-order valence-corrected chi connectivity index (χ3v) is 19.4. The second kappa shape index (κ2) is 42.4. The zero-order valence-corrected chi connectivity index (χ0v) is 62.5. The van der Waals surface area contributed by atoms with Crippen LogP contribution < -0.4 is 0 Å². The van der Waals surface area contributed by atoms with Gasteiger partial charge in [0.2, 0.25) is 0 Å². The lowest BCUT2D eigenvalue weighted by Crippen LogP contribution is -2.37. The molecule has 0 bridgehead atoms. The van der Waals surface area contributed by atoms with Crippen molar-refractivity contribution in [3.63, 3.8) is 0 Å². The molecule has 9 rings (SSSR count). The SMILES string of the molecule is Cc1cc(C)c2c(c1)CC(=N/OCC(=O)N1CCCCC1)/C=C/CC(C)C=CCCOC2=O.Cc1cc(C)c2c(c1Cl)CC(=N/OCC(=O)N1CCCCC1)/C=C/CC(C)C=CCCOC2=O.Cc1cc(C)c2c(c1Cl)CC(=N\OCC(=O)N1CCCCC1)/C=C/CC(C)C=CCCOC2=O. The van der Waals surface area contributed by atoms with E-state index in [4.69, 9.17) is 51.9 Å². The number of cyclic esters (lactones) is 3. The number of fused-ring (bicyclic) bond motifs is 3. The number of hydrogen-bond acceptors (Lipinski definition) is 15. The summed E-state index contributed by atoms with van der Waals surface area (Å²) >= 11 is 13.3. The van der Waals surface area contributed by atoms with Crippen LogP contribution in [0.15, 0.2) is 113 Å². The number of benzene rings is 3. The highest BCUT2D eigenvalue weighted by atomic mass is 35.5. The van der Waals surface area contributed by atoms with Crippen molar-refractivity contribution in [2.24, 2.45) is 33.2 Å². The number of rotatable bonds is 9. The molecule has 3 fully saturated rings. The number of hydrogen-bond donors (Lipinski definition) is 0. The molecule has 6 heterocycles. The zero-order chi connectivity index (χ0) is 72.6. The van der Waals surface area contributed by atoms with Gasteiger partial charge in [-0.2, -0.15) is 0 Å². The summed E-state index contributed by atoms with van der Waals surface area (Å²) in [6.07, 6.45) is 39.7. The summed E-state index contributed by atoms with van der Waals surface area (Å²) in [5.74, 6) is -0.211. The summed E-state index contributed by atoms with van der Waals surface area (Å²) in [5, 5.41) is 13.9. The second-order valence-corrected chi connectivity index (χ2v) is 28.1. The third kappa shape index (κ3) is 26.4. The Morgan fingerprint density at radius 2 is 0.743 bits per heavy atom. The monoisotopic (exact) mass is 1420 g/mol. The number of aryl methyl sites for hydroxylation is 6. The van der Waals surface area contributed by atoms with Gasteiger partial charge in [-0.1, -0.05) is 144 Å². The third-order valence-electron chi connectivity index (χ3n) is 18.4. The summed E-state index contributed by atoms with van der Waals surface area (Å²) in [6, 6.07) is 7.78. The number of allylic oxidation sites excluding steroid dienone is 9. The topological polar surface area (TPSA) is 205 Å². The maximum Gasteiger partial charge on any atom is 0.338 e. The molecular formula is C81H106Cl2N6O12. The van der Waals surface area contributed by atoms with Crippen molar-refractivity contribution < 1.29 is 57.5 Å². The van der Waals surface area contributed by atoms with Gasteiger partial charge < -0.3 is 43.4 Å². The molecule has 3 aromatic rings. The fourth-order valence-electron chi connectivity index (χ4n) is 13.0. The van der Waals surface area contributed by atoms with E-state index in [-0.39, 0.29) is 43.5 Å². The normalized spacial score (nSPS) is 22.1. The summed E-state index contributed by atoms with van der Waals surface area (Å²) in [4.78, 5) is 98.2. The predicted molar refractivity (Wildman–Crippen MR) is 401 cm³/mol. The van der Waals surface area contributed by atoms with Gasteiger partial charge >= 0.3 is 17.9 Å². The number of likely N-dealkylation sites (tertiary alicyclic amines) is 3. The molecule has 6 aliphatic heterocycles. The van der Waals surface area contributed by atoms with E-state index in [2.05, 4.69) is 66.6 Å². The summed E-state index contributed by atoms with van der Waals surface area (Å²) in [5.41, 5.74) is 10.9. The van der Waals surface area contributed by atoms with Gasteiger partial charge in [0.05, 0.1) is 53.6 Å². The van der Waals surface area contributed by atoms with E-state index < -0.39 is 11.9 Å². The van der Waals surface area contributed by atoms with E-state index in [1.807, 2.05) is 123 Å². The molecule has 6 aliphatic rings. The van der Waals surface area contributed by atoms with E-state index in [0.29, 0.717) is 131 Å². The smallest absolute Gasteiger partial charge is 0.338 e. The Morgan fingerprint density at radius 3 is 1.09 bits per heavy atom. The molecule has 0 N–H and O–H groups in total. The number of oxime groups is 3. The predicted octanol–water partition coefficient (Wildman–Crippen LogP) is 16.1. The Labute approximate surface area is 608 Å². The van der Waals surface area contributed by atoms with Gasteiger partial charge in [0, 0.05) is 68.6 Å². The quantitative estimate of drug-likeness (QED) is 0.0849. The molecule has 3 unspecified atom stereocenters. The summed E-state index contributed by atoms with van der Waals surface area (Å²) in [7, 11) is 0. The van der Waals surface area contributed by atoms with Crippen molar-refractivity contribution >= 4 is 76.0 Å². The lowest BCUT2D eigenvalue weighted by atomic mass is 9.94. The number of ether oxygens (including phenoxy) is 3. The molecule has 3 atom stereocenters. The highest BCUT2D eigenvalue weighted by Gasteiger charge is 2.26. The Kier molecular flexibility index (Phi) is 33.6. The maximum atomic E-state index is 13.0. The summed E-state index contributed by atoms with van der Waals surface area (Å²) in [6.45, 7) is 23.3. The van der Waals surface area contributed by atoms with Crippen LogP contribution in [0.1, 0.15) is 198 Å². The maximum absolute atomic E-state index is 13.0. The number of carbonyl (C=O) groups excluding carboxylic acids is 6. The van der Waals surface area contributed by atoms with Gasteiger partial charge in [-0.15, -0.1) is 0 Å². The highest BCUT2D eigenvalue weighted by Crippen LogP contribution is 2.32. The van der Waals surface area contributed by atoms with Crippen LogP contribution in [0.2, 0.25) is 10.0 Å². The van der Waals surface area contributed by atoms with Crippen LogP contribution in [0.4, 0.5) is 0 Å². The minimum Gasteiger partial charge on any atom is -0.462 e. The lowest BCUT2D eigenvalue weighted by molar-refractivity contribution is -0.137. The van der Waals surface area contributed by atoms with Gasteiger partial charge in [0.1, 0.15) is 0 Å². The molecule has 18 nitrogen and oxygen atoms in total. The number of halogens is 2. The molecule has 3 amide bonds. The van der Waals surface area contributed by atoms with Gasteiger partial charge in [-0.3, -0.25) is 14.4 Å². The molecule has 3 aromatic carbocycles. The van der Waals surface area contributed by atoms with Crippen LogP contribution in [0.25, 0.3) is 0 Å². The van der Waals surface area contributed by atoms with E-state index in [9.17, 15) is 28.8 Å². The zero-order valence-electron chi connectivity index (χ0n) is 61.0. The van der Waals surface area contributed by atoms with E-state index >= 15 is 0 Å². The van der Waals surface area contributed by atoms with E-state index in [1.165, 1.54) is 6.42 Å². The van der Waals surface area contributed by atoms with Crippen molar-refractivity contribution in [2.45, 2.75) is 178 Å². The second-order valence-electron chi connectivity index (χ2n) is 27.3. The van der Waals surface area contributed by atoms with Crippen molar-refractivity contribution in [3.8, 4) is 0 Å². The number of esters is 3. The van der Waals surface area contributed by atoms with Gasteiger partial charge in [-0.05, 0) is 218 Å². The standard InChI is InChI=1S/2C27H35ClN2O4.C27H36N2O4/c2*1-19-10-5-8-15-33-27(32)25-20(2)16-21(3)26(28)23(25)17-22(12-9-11-19)29-34-18-24(31)30-13-6-4-7-14-30;1-20-10-5-8-15-32-27(31)26-22(3)16-21(2)17-23(26)18-24(12-9-11-20)28-33-19-25(30)29-13-6-4-7-14-29/h2*5,9-10,12,16,19H,4,6-8,11,13-15,17-18H2,1-3H3;5,9-10,12,16-17,20H,4,6-8,11,13-15,18-19H2,1-3H3/b10-5?,12-9+,29-22+;10-5?,12-9+,29-22-;10-5?,12-9+,28-24+. The fraction of sp³-hybridized carbons (Fsp3) is 0.519. The first kappa shape index (κ1) is 80.2. The largest absolute Gasteiger partial charge is 0.462 e. The Morgan fingerprint density at radius 1 is 0.426 bits per heavy atom. The summed E-state index contributed by atoms with van der Waals surface area (Å²) < 4.78 is 16.7. The number of amides is 3. The first-order chi connectivity index (χ1) is 48.7. The molecule has 0 radical (unpaired) electrons. The molecule has 0 aliphatic carbocycles. The first-order valence-electron chi connectivity index (χ1n) is 36.2. The Hall–Kier alpha value is -8.09. The Balaban J connectivity index is 0.000000213. The minimum atomic E-state index is -0.391. The fourth-order valence-corrected chi connectivity index (χ4v) is 13.4. The average molecular weight is 1430 g/mol. The molecule has 546 valence electrons. The van der Waals surface area contributed by atoms with Gasteiger partial charge in [0.25, 0.3) is 17.7 Å². The van der Waals surface area contributed by atoms with Crippen LogP contribution >= 0.6 is 23.2 Å². The molecule has 0 aromatic heterocycles. The molecule has 0 spiro atoms. The highest BCUT2D eigenvalue weighted by molar-refractivity contribution is 6.33. The van der Waals surface area contributed by atoms with Crippen LogP contribution in [0, 0.1) is 59.3 Å². The number of nitrogens with zero attached hydrogens (tertiary/aromatic N) is 6. The Bertz CT molecular complexity index is 3460. The van der Waals surface area contributed by atoms with Crippen molar-refractivity contribution in [2.75, 3.05) is 78.9 Å². The van der Waals surface area contributed by atoms with Crippen LogP contribution in [-0.4, -0.2) is 146 Å². The van der Waals surface area contributed by atoms with Crippen LogP contribution in [-0.2, 0) is 62.4 Å². The molecule has 20 heteroatoms. The van der Waals surface area contributed by atoms with Gasteiger partial charge in [0.15, 0.2) is 19.8 Å². The van der Waals surface area contributed by atoms with Crippen LogP contribution in [0.5, 0.6) is 0 Å². The van der Waals surface area contributed by atoms with Crippen molar-refractivity contribution in [3.05, 3.63) is 174 Å². The van der Waals surface area contributed by atoms with E-state index in [1.54, 1.807) is 0 Å². The molecular weight excluding hydrogens is 1320 g/mol. The molecule has 101 heavy (non-hydrogen) atoms. The van der Waals surface area contributed by atoms with E-state index in [0.717, 1.165) is 149 Å². The van der Waals surface area contributed by atoms with Crippen molar-refractivity contribution in [1.29, 1.82) is 0 Å². The first-order valence-corrected chi connectivity index (χ1v) is 37.0. The lowest BCUT2D eigenvalue weighted by Gasteiger charge is -2.26. The van der Waals surface area contributed by atoms with Crippen molar-refractivity contribution in [1.82, 2.24) is 14.7 Å². The molecule has 0 saturated carbocycles. The average Bonchev–Trinajstić information content (AvgIpc) is 0.791. The number of piperidine rings is 3.